The van der Waals surface area contributed by atoms with Gasteiger partial charge in [-0.15, -0.1) is 12.4 Å². The number of hydrogen-bond acceptors (Lipinski definition) is 1. The highest BCUT2D eigenvalue weighted by Gasteiger charge is 2.30. The fourth-order valence-electron chi connectivity index (χ4n) is 4.72. The van der Waals surface area contributed by atoms with Crippen LogP contribution < -0.4 is 5.32 Å². The molecule has 0 amide bonds. The smallest absolute Gasteiger partial charge is 0.0589 e. The van der Waals surface area contributed by atoms with Gasteiger partial charge in [-0.2, -0.15) is 0 Å². The van der Waals surface area contributed by atoms with Crippen molar-refractivity contribution in [1.82, 2.24) is 5.32 Å². The largest absolute Gasteiger partial charge is 0.306 e. The van der Waals surface area contributed by atoms with Gasteiger partial charge in [0.15, 0.2) is 0 Å². The summed E-state index contributed by atoms with van der Waals surface area (Å²) in [7, 11) is 0. The van der Waals surface area contributed by atoms with Crippen LogP contribution in [0.15, 0.2) is 97.1 Å². The topological polar surface area (TPSA) is 12.0 Å². The molecule has 0 aromatic heterocycles. The number of rotatable bonds is 7. The summed E-state index contributed by atoms with van der Waals surface area (Å²) in [5.74, 6) is 0. The molecule has 1 nitrogen and oxygen atoms in total. The van der Waals surface area contributed by atoms with E-state index >= 15 is 0 Å². The summed E-state index contributed by atoms with van der Waals surface area (Å²) in [5.41, 5.74) is 8.08. The Bertz CT molecular complexity index is 1190. The third kappa shape index (κ3) is 3.92. The van der Waals surface area contributed by atoms with Gasteiger partial charge in [0.1, 0.15) is 0 Å². The van der Waals surface area contributed by atoms with Crippen LogP contribution in [0.4, 0.5) is 0 Å². The van der Waals surface area contributed by atoms with E-state index in [-0.39, 0.29) is 18.4 Å². The molecular formula is C29H28ClN. The van der Waals surface area contributed by atoms with E-state index in [4.69, 9.17) is 0 Å². The zero-order chi connectivity index (χ0) is 20.3. The molecule has 0 saturated heterocycles. The van der Waals surface area contributed by atoms with Crippen molar-refractivity contribution >= 4 is 34.3 Å². The predicted molar refractivity (Wildman–Crippen MR) is 136 cm³/mol. The molecule has 0 radical (unpaired) electrons. The lowest BCUT2D eigenvalue weighted by Gasteiger charge is -2.24. The van der Waals surface area contributed by atoms with Crippen LogP contribution in [0, 0.1) is 0 Å². The molecule has 0 aliphatic heterocycles. The molecule has 156 valence electrons. The van der Waals surface area contributed by atoms with Crippen molar-refractivity contribution in [2.24, 2.45) is 0 Å². The highest BCUT2D eigenvalue weighted by atomic mass is 35.5. The monoisotopic (exact) mass is 425 g/mol. The van der Waals surface area contributed by atoms with Crippen molar-refractivity contribution in [3.8, 4) is 0 Å². The van der Waals surface area contributed by atoms with Gasteiger partial charge in [-0.25, -0.2) is 0 Å². The van der Waals surface area contributed by atoms with Gasteiger partial charge in [-0.3, -0.25) is 0 Å². The van der Waals surface area contributed by atoms with Crippen molar-refractivity contribution in [3.63, 3.8) is 0 Å². The summed E-state index contributed by atoms with van der Waals surface area (Å²) < 4.78 is 0. The second-order valence-corrected chi connectivity index (χ2v) is 8.02. The number of hydrogen-bond donors (Lipinski definition) is 1. The van der Waals surface area contributed by atoms with Crippen molar-refractivity contribution in [2.75, 3.05) is 6.54 Å². The minimum atomic E-state index is 0. The highest BCUT2D eigenvalue weighted by Crippen LogP contribution is 2.49. The van der Waals surface area contributed by atoms with Crippen molar-refractivity contribution in [2.45, 2.75) is 25.8 Å². The average molecular weight is 426 g/mol. The molecule has 2 heteroatoms. The third-order valence-electron chi connectivity index (χ3n) is 6.10. The van der Waals surface area contributed by atoms with E-state index in [1.54, 1.807) is 0 Å². The summed E-state index contributed by atoms with van der Waals surface area (Å²) in [6, 6.07) is 35.4. The molecule has 1 aliphatic carbocycles. The first-order valence-corrected chi connectivity index (χ1v) is 11.0. The minimum absolute atomic E-state index is 0. The van der Waals surface area contributed by atoms with Crippen LogP contribution >= 0.6 is 12.4 Å². The van der Waals surface area contributed by atoms with Gasteiger partial charge in [0.05, 0.1) is 6.04 Å². The second kappa shape index (κ2) is 9.51. The van der Waals surface area contributed by atoms with Gasteiger partial charge < -0.3 is 5.32 Å². The molecule has 0 heterocycles. The lowest BCUT2D eigenvalue weighted by molar-refractivity contribution is 0.601. The third-order valence-corrected chi connectivity index (χ3v) is 6.10. The summed E-state index contributed by atoms with van der Waals surface area (Å²) in [6.45, 7) is 3.26. The number of nitrogens with one attached hydrogen (secondary N) is 1. The van der Waals surface area contributed by atoms with E-state index in [9.17, 15) is 0 Å². The first-order chi connectivity index (χ1) is 14.9. The summed E-state index contributed by atoms with van der Waals surface area (Å²) in [4.78, 5) is 0. The van der Waals surface area contributed by atoms with Gasteiger partial charge >= 0.3 is 0 Å². The molecule has 4 aromatic rings. The quantitative estimate of drug-likeness (QED) is 0.299. The van der Waals surface area contributed by atoms with E-state index in [2.05, 4.69) is 109 Å². The summed E-state index contributed by atoms with van der Waals surface area (Å²) in [5, 5.41) is 6.59. The second-order valence-electron chi connectivity index (χ2n) is 8.02. The first-order valence-electron chi connectivity index (χ1n) is 11.0. The minimum Gasteiger partial charge on any atom is -0.306 e. The Kier molecular flexibility index (Phi) is 6.56. The van der Waals surface area contributed by atoms with Gasteiger partial charge in [0, 0.05) is 0 Å². The van der Waals surface area contributed by atoms with Crippen LogP contribution in [-0.4, -0.2) is 6.54 Å². The molecule has 1 N–H and O–H groups in total. The molecule has 4 aromatic carbocycles. The maximum atomic E-state index is 3.90. The molecule has 0 saturated carbocycles. The van der Waals surface area contributed by atoms with E-state index < -0.39 is 0 Å². The van der Waals surface area contributed by atoms with Crippen LogP contribution in [0.25, 0.3) is 21.9 Å². The molecule has 1 aliphatic rings. The van der Waals surface area contributed by atoms with Crippen molar-refractivity contribution in [1.29, 1.82) is 0 Å². The SMILES string of the molecule is CCCCNC(C1=C(c2ccccc2)c2cccc3cccc1c23)c1ccccc1.Cl. The number of halogens is 1. The number of unbranched alkanes of at least 4 members (excludes halogenated alkanes) is 1. The zero-order valence-electron chi connectivity index (χ0n) is 17.8. The van der Waals surface area contributed by atoms with Gasteiger partial charge in [-0.1, -0.05) is 110 Å². The fourth-order valence-corrected chi connectivity index (χ4v) is 4.72. The predicted octanol–water partition coefficient (Wildman–Crippen LogP) is 7.67. The van der Waals surface area contributed by atoms with Crippen LogP contribution in [0.2, 0.25) is 0 Å². The molecule has 5 rings (SSSR count). The van der Waals surface area contributed by atoms with Crippen molar-refractivity contribution < 1.29 is 0 Å². The zero-order valence-corrected chi connectivity index (χ0v) is 18.7. The van der Waals surface area contributed by atoms with Crippen LogP contribution in [-0.2, 0) is 0 Å². The molecular weight excluding hydrogens is 398 g/mol. The normalized spacial score (nSPS) is 13.3. The molecule has 31 heavy (non-hydrogen) atoms. The summed E-state index contributed by atoms with van der Waals surface area (Å²) >= 11 is 0. The highest BCUT2D eigenvalue weighted by molar-refractivity contribution is 6.18. The maximum absolute atomic E-state index is 3.90. The Hall–Kier alpha value is -2.87. The molecule has 0 spiro atoms. The fraction of sp³-hybridized carbons (Fsp3) is 0.172. The molecule has 0 bridgehead atoms. The molecule has 1 unspecified atom stereocenters. The van der Waals surface area contributed by atoms with Crippen LogP contribution in [0.3, 0.4) is 0 Å². The van der Waals surface area contributed by atoms with Gasteiger partial charge in [0.25, 0.3) is 0 Å². The van der Waals surface area contributed by atoms with E-state index in [0.717, 1.165) is 6.54 Å². The van der Waals surface area contributed by atoms with E-state index in [1.165, 1.54) is 57.0 Å². The van der Waals surface area contributed by atoms with E-state index in [0.29, 0.717) is 0 Å². The first kappa shape index (κ1) is 21.4. The van der Waals surface area contributed by atoms with Gasteiger partial charge in [-0.05, 0) is 57.1 Å². The lowest BCUT2D eigenvalue weighted by atomic mass is 9.89. The molecule has 1 atom stereocenters. The van der Waals surface area contributed by atoms with E-state index in [1.807, 2.05) is 0 Å². The Morgan fingerprint density at radius 2 is 1.35 bits per heavy atom. The number of benzene rings is 4. The summed E-state index contributed by atoms with van der Waals surface area (Å²) in [6.07, 6.45) is 2.36. The Balaban J connectivity index is 0.00000231. The average Bonchev–Trinajstić information content (AvgIpc) is 3.14. The Labute approximate surface area is 191 Å². The van der Waals surface area contributed by atoms with Crippen LogP contribution in [0.5, 0.6) is 0 Å². The van der Waals surface area contributed by atoms with Crippen molar-refractivity contribution in [3.05, 3.63) is 119 Å². The van der Waals surface area contributed by atoms with Gasteiger partial charge in [0.2, 0.25) is 0 Å². The Morgan fingerprint density at radius 3 is 2.03 bits per heavy atom. The lowest BCUT2D eigenvalue weighted by Crippen LogP contribution is -2.24. The standard InChI is InChI=1S/C29H27N.ClH/c1-2-3-20-30-29(23-14-8-5-9-15-23)28-25-19-11-17-21-16-10-18-24(26(21)25)27(28)22-12-6-4-7-13-22;/h4-19,29-30H,2-3,20H2,1H3;1H. The Morgan fingerprint density at radius 1 is 0.710 bits per heavy atom. The maximum Gasteiger partial charge on any atom is 0.0589 e. The molecule has 0 fully saturated rings. The van der Waals surface area contributed by atoms with Crippen LogP contribution in [0.1, 0.15) is 48.1 Å².